The molecule has 0 unspecified atom stereocenters. The van der Waals surface area contributed by atoms with Crippen LogP contribution in [0.5, 0.6) is 0 Å². The molecule has 1 saturated heterocycles. The second kappa shape index (κ2) is 9.91. The first kappa shape index (κ1) is 22.1. The van der Waals surface area contributed by atoms with Crippen LogP contribution < -0.4 is 15.5 Å². The van der Waals surface area contributed by atoms with Crippen molar-refractivity contribution in [1.29, 1.82) is 0 Å². The summed E-state index contributed by atoms with van der Waals surface area (Å²) in [5, 5.41) is 6.37. The van der Waals surface area contributed by atoms with Gasteiger partial charge in [0, 0.05) is 54.1 Å². The number of carbonyl (C=O) groups excluding carboxylic acids is 2. The lowest BCUT2D eigenvalue weighted by atomic mass is 10.1. The van der Waals surface area contributed by atoms with E-state index in [0.29, 0.717) is 10.6 Å². The van der Waals surface area contributed by atoms with E-state index in [4.69, 9.17) is 23.8 Å². The molecule has 0 spiro atoms. The standard InChI is InChI=1S/C22H25ClN4O2S/c1-15(2)21(29)27-12-10-26(11-13-27)19-8-6-18(7-9-19)24-22(30)25-20(28)16-4-3-5-17(23)14-16/h3-9,14-15H,10-13H2,1-2H3,(H2,24,25,28,30). The van der Waals surface area contributed by atoms with Gasteiger partial charge >= 0.3 is 0 Å². The maximum absolute atomic E-state index is 12.2. The summed E-state index contributed by atoms with van der Waals surface area (Å²) in [4.78, 5) is 28.6. The SMILES string of the molecule is CC(C)C(=O)N1CCN(c2ccc(NC(=S)NC(=O)c3cccc(Cl)c3)cc2)CC1. The van der Waals surface area contributed by atoms with Crippen molar-refractivity contribution >= 4 is 52.1 Å². The summed E-state index contributed by atoms with van der Waals surface area (Å²) >= 11 is 11.2. The zero-order valence-electron chi connectivity index (χ0n) is 17.0. The van der Waals surface area contributed by atoms with Crippen LogP contribution in [-0.4, -0.2) is 48.0 Å². The number of benzene rings is 2. The lowest BCUT2D eigenvalue weighted by Crippen LogP contribution is -2.49. The Morgan fingerprint density at radius 2 is 1.70 bits per heavy atom. The van der Waals surface area contributed by atoms with Crippen molar-refractivity contribution in [3.8, 4) is 0 Å². The van der Waals surface area contributed by atoms with Crippen LogP contribution in [0.4, 0.5) is 11.4 Å². The van der Waals surface area contributed by atoms with Crippen LogP contribution in [-0.2, 0) is 4.79 Å². The van der Waals surface area contributed by atoms with Gasteiger partial charge < -0.3 is 15.1 Å². The Bertz CT molecular complexity index is 925. The number of halogens is 1. The monoisotopic (exact) mass is 444 g/mol. The van der Waals surface area contributed by atoms with Crippen LogP contribution in [0.3, 0.4) is 0 Å². The van der Waals surface area contributed by atoms with Gasteiger partial charge in [0.1, 0.15) is 0 Å². The molecule has 0 aromatic heterocycles. The summed E-state index contributed by atoms with van der Waals surface area (Å²) in [7, 11) is 0. The van der Waals surface area contributed by atoms with Gasteiger partial charge in [0.25, 0.3) is 5.91 Å². The van der Waals surface area contributed by atoms with Crippen LogP contribution >= 0.6 is 23.8 Å². The molecule has 6 nitrogen and oxygen atoms in total. The lowest BCUT2D eigenvalue weighted by Gasteiger charge is -2.37. The fourth-order valence-electron chi connectivity index (χ4n) is 3.27. The minimum atomic E-state index is -0.319. The van der Waals surface area contributed by atoms with Gasteiger partial charge in [-0.15, -0.1) is 0 Å². The van der Waals surface area contributed by atoms with Crippen molar-refractivity contribution < 1.29 is 9.59 Å². The molecule has 2 aromatic carbocycles. The largest absolute Gasteiger partial charge is 0.368 e. The molecule has 2 N–H and O–H groups in total. The summed E-state index contributed by atoms with van der Waals surface area (Å²) in [5.41, 5.74) is 2.31. The van der Waals surface area contributed by atoms with E-state index in [2.05, 4.69) is 15.5 Å². The Kier molecular flexibility index (Phi) is 7.29. The molecule has 0 bridgehead atoms. The van der Waals surface area contributed by atoms with E-state index in [9.17, 15) is 9.59 Å². The van der Waals surface area contributed by atoms with E-state index in [1.54, 1.807) is 24.3 Å². The minimum Gasteiger partial charge on any atom is -0.368 e. The van der Waals surface area contributed by atoms with Gasteiger partial charge in [0.2, 0.25) is 5.91 Å². The van der Waals surface area contributed by atoms with Gasteiger partial charge in [-0.3, -0.25) is 14.9 Å². The normalized spacial score (nSPS) is 13.9. The lowest BCUT2D eigenvalue weighted by molar-refractivity contribution is -0.134. The highest BCUT2D eigenvalue weighted by molar-refractivity contribution is 7.80. The van der Waals surface area contributed by atoms with Crippen LogP contribution in [0.1, 0.15) is 24.2 Å². The molecule has 0 saturated carbocycles. The van der Waals surface area contributed by atoms with Crippen LogP contribution in [0.25, 0.3) is 0 Å². The summed E-state index contributed by atoms with van der Waals surface area (Å²) < 4.78 is 0. The average molecular weight is 445 g/mol. The Balaban J connectivity index is 1.51. The second-order valence-electron chi connectivity index (χ2n) is 7.43. The zero-order chi connectivity index (χ0) is 21.7. The molecule has 1 fully saturated rings. The zero-order valence-corrected chi connectivity index (χ0v) is 18.6. The fourth-order valence-corrected chi connectivity index (χ4v) is 3.67. The van der Waals surface area contributed by atoms with E-state index >= 15 is 0 Å². The predicted molar refractivity (Wildman–Crippen MR) is 125 cm³/mol. The summed E-state index contributed by atoms with van der Waals surface area (Å²) in [6.07, 6.45) is 0. The molecule has 1 aliphatic rings. The van der Waals surface area contributed by atoms with Crippen molar-refractivity contribution in [2.24, 2.45) is 5.92 Å². The van der Waals surface area contributed by atoms with Crippen molar-refractivity contribution in [1.82, 2.24) is 10.2 Å². The molecule has 2 amide bonds. The van der Waals surface area contributed by atoms with E-state index in [0.717, 1.165) is 37.6 Å². The van der Waals surface area contributed by atoms with E-state index in [1.807, 2.05) is 43.0 Å². The third kappa shape index (κ3) is 5.70. The van der Waals surface area contributed by atoms with Crippen molar-refractivity contribution in [3.63, 3.8) is 0 Å². The molecule has 2 aromatic rings. The van der Waals surface area contributed by atoms with Gasteiger partial charge in [0.15, 0.2) is 5.11 Å². The molecular formula is C22H25ClN4O2S. The molecule has 1 heterocycles. The molecule has 0 radical (unpaired) electrons. The van der Waals surface area contributed by atoms with Gasteiger partial charge in [-0.25, -0.2) is 0 Å². The highest BCUT2D eigenvalue weighted by atomic mass is 35.5. The maximum Gasteiger partial charge on any atom is 0.257 e. The van der Waals surface area contributed by atoms with Gasteiger partial charge in [-0.05, 0) is 54.7 Å². The Hall–Kier alpha value is -2.64. The summed E-state index contributed by atoms with van der Waals surface area (Å²) in [6.45, 7) is 6.94. The molecule has 0 aliphatic carbocycles. The molecule has 0 atom stereocenters. The molecule has 3 rings (SSSR count). The highest BCUT2D eigenvalue weighted by Crippen LogP contribution is 2.20. The maximum atomic E-state index is 12.2. The third-order valence-corrected chi connectivity index (χ3v) is 5.33. The Labute approximate surface area is 187 Å². The number of piperazine rings is 1. The molecule has 8 heteroatoms. The summed E-state index contributed by atoms with van der Waals surface area (Å²) in [6, 6.07) is 14.5. The Morgan fingerprint density at radius 1 is 1.03 bits per heavy atom. The molecule has 30 heavy (non-hydrogen) atoms. The third-order valence-electron chi connectivity index (χ3n) is 4.89. The molecule has 1 aliphatic heterocycles. The van der Waals surface area contributed by atoms with E-state index in [1.165, 1.54) is 0 Å². The summed E-state index contributed by atoms with van der Waals surface area (Å²) in [5.74, 6) is -0.0758. The second-order valence-corrected chi connectivity index (χ2v) is 8.28. The fraction of sp³-hybridized carbons (Fsp3) is 0.318. The van der Waals surface area contributed by atoms with Crippen LogP contribution in [0.15, 0.2) is 48.5 Å². The smallest absolute Gasteiger partial charge is 0.257 e. The number of rotatable bonds is 4. The number of nitrogens with one attached hydrogen (secondary N) is 2. The predicted octanol–water partition coefficient (Wildman–Crippen LogP) is 3.77. The van der Waals surface area contributed by atoms with Crippen LogP contribution in [0, 0.1) is 5.92 Å². The average Bonchev–Trinajstić information content (AvgIpc) is 2.73. The number of nitrogens with zero attached hydrogens (tertiary/aromatic N) is 2. The first-order valence-corrected chi connectivity index (χ1v) is 10.6. The Morgan fingerprint density at radius 3 is 2.30 bits per heavy atom. The van der Waals surface area contributed by atoms with E-state index < -0.39 is 0 Å². The quantitative estimate of drug-likeness (QED) is 0.703. The van der Waals surface area contributed by atoms with Gasteiger partial charge in [-0.2, -0.15) is 0 Å². The van der Waals surface area contributed by atoms with Crippen molar-refractivity contribution in [3.05, 3.63) is 59.1 Å². The van der Waals surface area contributed by atoms with Crippen molar-refractivity contribution in [2.75, 3.05) is 36.4 Å². The number of amides is 2. The number of hydrogen-bond donors (Lipinski definition) is 2. The first-order valence-electron chi connectivity index (χ1n) is 9.85. The number of anilines is 2. The minimum absolute atomic E-state index is 0.0325. The molecule has 158 valence electrons. The topological polar surface area (TPSA) is 64.7 Å². The first-order chi connectivity index (χ1) is 14.3. The van der Waals surface area contributed by atoms with Crippen molar-refractivity contribution in [2.45, 2.75) is 13.8 Å². The van der Waals surface area contributed by atoms with Crippen LogP contribution in [0.2, 0.25) is 5.02 Å². The highest BCUT2D eigenvalue weighted by Gasteiger charge is 2.22. The molecular weight excluding hydrogens is 420 g/mol. The number of carbonyl (C=O) groups is 2. The number of thiocarbonyl (C=S) groups is 1. The van der Waals surface area contributed by atoms with E-state index in [-0.39, 0.29) is 22.8 Å². The van der Waals surface area contributed by atoms with Gasteiger partial charge in [-0.1, -0.05) is 31.5 Å². The number of hydrogen-bond acceptors (Lipinski definition) is 4. The van der Waals surface area contributed by atoms with Gasteiger partial charge in [0.05, 0.1) is 0 Å².